The Morgan fingerprint density at radius 3 is 1.48 bits per heavy atom. The number of carbonyl (C=O) groups is 13. The van der Waals surface area contributed by atoms with Gasteiger partial charge in [0.05, 0.1) is 83.5 Å². The summed E-state index contributed by atoms with van der Waals surface area (Å²) < 4.78 is 53.0. The fourth-order valence-electron chi connectivity index (χ4n) is 17.4. The lowest BCUT2D eigenvalue weighted by Gasteiger charge is -2.35. The molecule has 5 atom stereocenters. The Morgan fingerprint density at radius 2 is 1.01 bits per heavy atom. The molecular formula is C88H100ClF2N15O15S3+2. The number of nitrogens with one attached hydrogen (secondary N) is 3. The van der Waals surface area contributed by atoms with Gasteiger partial charge in [-0.1, -0.05) is 140 Å². The van der Waals surface area contributed by atoms with Gasteiger partial charge in [0.2, 0.25) is 29.5 Å². The van der Waals surface area contributed by atoms with Crippen LogP contribution >= 0.6 is 34.7 Å². The number of piperazine rings is 2. The van der Waals surface area contributed by atoms with Crippen LogP contribution in [0.1, 0.15) is 118 Å². The number of imide groups is 5. The van der Waals surface area contributed by atoms with Crippen LogP contribution in [0.5, 0.6) is 0 Å². The topological polar surface area (TPSA) is 371 Å². The molecule has 30 nitrogen and oxygen atoms in total. The summed E-state index contributed by atoms with van der Waals surface area (Å²) in [7, 11) is -3.63. The zero-order valence-corrected chi connectivity index (χ0v) is 71.7. The van der Waals surface area contributed by atoms with Crippen LogP contribution in [0, 0.1) is 23.5 Å². The summed E-state index contributed by atoms with van der Waals surface area (Å²) >= 11 is 8.45. The number of nitrogens with zero attached hydrogens (tertiary/aromatic N) is 10. The third-order valence-corrected chi connectivity index (χ3v) is 29.0. The molecular weight excluding hydrogens is 1680 g/mol. The molecule has 17 rings (SSSR count). The Kier molecular flexibility index (Phi) is 29.7. The molecule has 9 aliphatic heterocycles. The van der Waals surface area contributed by atoms with E-state index in [1.807, 2.05) is 84.9 Å². The van der Waals surface area contributed by atoms with E-state index >= 15 is 0 Å². The number of fused-ring (bicyclic) bond motifs is 2. The zero-order chi connectivity index (χ0) is 88.1. The number of thiophene rings is 1. The smallest absolute Gasteiger partial charge is 0.327 e. The van der Waals surface area contributed by atoms with Crippen molar-refractivity contribution in [2.45, 2.75) is 155 Å². The Bertz CT molecular complexity index is 5060. The van der Waals surface area contributed by atoms with Crippen molar-refractivity contribution >= 4 is 122 Å². The highest BCUT2D eigenvalue weighted by Gasteiger charge is 2.55. The number of primary amides is 2. The number of pyridine rings is 1. The normalized spacial score (nSPS) is 23.5. The van der Waals surface area contributed by atoms with Gasteiger partial charge in [0, 0.05) is 92.6 Å². The molecule has 2 aromatic heterocycles. The number of aromatic nitrogens is 1. The number of piperidine rings is 2. The monoisotopic (exact) mass is 1780 g/mol. The average molecular weight is 1780 g/mol. The summed E-state index contributed by atoms with van der Waals surface area (Å²) in [5.74, 6) is -2.53. The molecule has 124 heavy (non-hydrogen) atoms. The summed E-state index contributed by atoms with van der Waals surface area (Å²) in [5, 5.41) is 5.26. The Labute approximate surface area is 730 Å². The van der Waals surface area contributed by atoms with Crippen molar-refractivity contribution in [2.24, 2.45) is 23.3 Å². The maximum atomic E-state index is 13.1. The van der Waals surface area contributed by atoms with Crippen LogP contribution < -0.4 is 26.6 Å². The van der Waals surface area contributed by atoms with Gasteiger partial charge < -0.3 is 41.3 Å². The summed E-state index contributed by atoms with van der Waals surface area (Å²) in [6, 6.07) is 41.2. The molecule has 16 amide bonds. The lowest BCUT2D eigenvalue weighted by atomic mass is 9.90. The molecule has 36 heteroatoms. The molecule has 2 unspecified atom stereocenters. The van der Waals surface area contributed by atoms with E-state index in [9.17, 15) is 79.5 Å². The Hall–Kier alpha value is -11.2. The van der Waals surface area contributed by atoms with Crippen LogP contribution in [0.3, 0.4) is 0 Å². The standard InChI is InChI=1S/C20H20N4O3S.C17H20ClN3O3.C17H20FN3O3.C17H21FN2O2.C17H17N3O4S2/c25-18(14-28-16-6-8-21-9-7-16)22-10-11-23-17(13-22)19(26)24(20(23)27)12-15-4-2-1-3-5-15;2*18-13-3-1-11(2-4-13)10-21-15(22)9-14(17(21)24)20-7-5-12(6-8-20)16(19)23;1-12(13-6-8-14(18)9-7-13)20-15(21)17(19-16(20)22)10-4-2-3-5-11-17;21-16-14-12-18(26(23,24)15-7-4-10-25-15)8-9-19(14)17(22)20(16)11-13-5-2-1-3-6-13/h1-9,17H,10-14H2;2*1-4,12,14H,5-10H2,(H2,19,23);6-9,12H,2-5,10-11H2,1H3,(H,19,22);1-7,10,14H,8-9,11-12H2/p+2/t;2*14-;12-;/m.000./s1. The predicted octanol–water partition coefficient (Wildman–Crippen LogP) is 5.95. The number of sulfonamides is 1. The number of benzene rings is 5. The molecule has 7 aromatic rings. The predicted molar refractivity (Wildman–Crippen MR) is 452 cm³/mol. The van der Waals surface area contributed by atoms with E-state index in [2.05, 4.69) is 10.3 Å². The van der Waals surface area contributed by atoms with Gasteiger partial charge in [0.25, 0.3) is 39.6 Å². The second-order valence-electron chi connectivity index (χ2n) is 32.3. The van der Waals surface area contributed by atoms with Gasteiger partial charge in [-0.25, -0.2) is 31.6 Å². The maximum Gasteiger partial charge on any atom is 0.327 e. The number of hydrogen-bond donors (Lipinski definition) is 5. The molecule has 7 N–H and O–H groups in total. The fraction of sp³-hybridized carbons (Fsp3) is 0.409. The van der Waals surface area contributed by atoms with E-state index in [-0.39, 0.29) is 182 Å². The number of nitrogens with two attached hydrogens (primary N) is 2. The number of halogens is 3. The number of hydrogen-bond acceptors (Lipinski definition) is 18. The van der Waals surface area contributed by atoms with Crippen molar-refractivity contribution < 1.29 is 89.3 Å². The Morgan fingerprint density at radius 1 is 0.556 bits per heavy atom. The van der Waals surface area contributed by atoms with Crippen molar-refractivity contribution in [3.05, 3.63) is 220 Å². The summed E-state index contributed by atoms with van der Waals surface area (Å²) in [6.07, 6.45) is 12.0. The minimum Gasteiger partial charge on any atom is -0.369 e. The zero-order valence-electron chi connectivity index (χ0n) is 68.5. The first kappa shape index (κ1) is 90.5. The van der Waals surface area contributed by atoms with Gasteiger partial charge in [0.15, 0.2) is 12.1 Å². The highest BCUT2D eigenvalue weighted by atomic mass is 35.5. The summed E-state index contributed by atoms with van der Waals surface area (Å²) in [6.45, 7) is 6.94. The number of likely N-dealkylation sites (tertiary alicyclic amines) is 4. The molecule has 1 aliphatic carbocycles. The third-order valence-electron chi connectivity index (χ3n) is 24.5. The molecule has 11 heterocycles. The van der Waals surface area contributed by atoms with Crippen LogP contribution in [-0.4, -0.2) is 235 Å². The quantitative estimate of drug-likeness (QED) is 0.0355. The van der Waals surface area contributed by atoms with E-state index in [0.717, 1.165) is 79.5 Å². The van der Waals surface area contributed by atoms with Crippen LogP contribution in [-0.2, 0) is 84.1 Å². The van der Waals surface area contributed by atoms with E-state index in [0.29, 0.717) is 88.6 Å². The van der Waals surface area contributed by atoms with Crippen LogP contribution in [0.4, 0.5) is 23.2 Å². The first-order valence-electron chi connectivity index (χ1n) is 41.6. The van der Waals surface area contributed by atoms with Crippen molar-refractivity contribution in [3.63, 3.8) is 0 Å². The lowest BCUT2D eigenvalue weighted by Crippen LogP contribution is -3.17. The van der Waals surface area contributed by atoms with E-state index in [1.54, 1.807) is 83.0 Å². The van der Waals surface area contributed by atoms with E-state index in [1.165, 1.54) is 69.7 Å². The summed E-state index contributed by atoms with van der Waals surface area (Å²) in [4.78, 5) is 179. The molecule has 1 saturated carbocycles. The van der Waals surface area contributed by atoms with Crippen LogP contribution in [0.15, 0.2) is 185 Å². The van der Waals surface area contributed by atoms with Crippen molar-refractivity contribution in [2.75, 3.05) is 71.2 Å². The maximum absolute atomic E-state index is 13.1. The molecule has 654 valence electrons. The van der Waals surface area contributed by atoms with Gasteiger partial charge >= 0.3 is 18.1 Å². The number of carbonyl (C=O) groups excluding carboxylic acids is 13. The van der Waals surface area contributed by atoms with Crippen molar-refractivity contribution in [3.8, 4) is 0 Å². The van der Waals surface area contributed by atoms with Crippen molar-refractivity contribution in [1.82, 2.24) is 53.8 Å². The highest BCUT2D eigenvalue weighted by Crippen LogP contribution is 2.38. The highest BCUT2D eigenvalue weighted by molar-refractivity contribution is 8.00. The minimum atomic E-state index is -3.63. The molecule has 0 bridgehead atoms. The Balaban J connectivity index is 0.000000133. The molecule has 10 aliphatic rings. The van der Waals surface area contributed by atoms with E-state index < -0.39 is 33.7 Å². The number of urea groups is 3. The van der Waals surface area contributed by atoms with Gasteiger partial charge in [-0.3, -0.25) is 77.4 Å². The third kappa shape index (κ3) is 21.2. The van der Waals surface area contributed by atoms with E-state index in [4.69, 9.17) is 23.1 Å². The molecule has 1 spiro atoms. The van der Waals surface area contributed by atoms with Crippen LogP contribution in [0.2, 0.25) is 5.02 Å². The fourth-order valence-corrected chi connectivity index (χ4v) is 20.9. The van der Waals surface area contributed by atoms with Gasteiger partial charge in [-0.2, -0.15) is 4.31 Å². The number of thioether (sulfide) groups is 1. The second-order valence-corrected chi connectivity index (χ2v) is 36.9. The minimum absolute atomic E-state index is 0.00387. The first-order valence-corrected chi connectivity index (χ1v) is 45.3. The second kappa shape index (κ2) is 40.6. The van der Waals surface area contributed by atoms with Crippen LogP contribution in [0.25, 0.3) is 0 Å². The SMILES string of the molecule is C[C@@H](c1ccc(F)cc1)N1C(=O)NC2(CCCCCC2)C1=O.NC(=O)C1CC[NH+]([C@H]2CC(=O)N(Cc3ccc(Cl)cc3)C2=O)CC1.NC(=O)C1CC[NH+]([C@H]2CC(=O)N(Cc3ccc(F)cc3)C2=O)CC1.O=C(CSc1ccncc1)N1CCN2C(=O)N(Cc3ccccc3)C(=O)C2C1.O=C1C2CN(S(=O)(=O)c3cccs3)CCN2C(=O)N1Cc1ccccc1. The number of rotatable bonds is 19. The number of amides is 16. The largest absolute Gasteiger partial charge is 0.369 e. The lowest BCUT2D eigenvalue weighted by molar-refractivity contribution is -0.920. The summed E-state index contributed by atoms with van der Waals surface area (Å²) in [5.41, 5.74) is 14.1. The average Bonchev–Trinajstić information content (AvgIpc) is 1.61. The van der Waals surface area contributed by atoms with Crippen molar-refractivity contribution in [1.29, 1.82) is 0 Å². The first-order chi connectivity index (χ1) is 59.6. The number of quaternary nitrogens is 2. The molecule has 0 radical (unpaired) electrons. The molecule has 9 saturated heterocycles. The van der Waals surface area contributed by atoms with Gasteiger partial charge in [-0.05, 0) is 108 Å². The van der Waals surface area contributed by atoms with Gasteiger partial charge in [-0.15, -0.1) is 23.1 Å². The molecule has 10 fully saturated rings. The van der Waals surface area contributed by atoms with Gasteiger partial charge in [0.1, 0.15) is 33.5 Å². The molecule has 5 aromatic carbocycles.